The minimum absolute atomic E-state index is 0.0264. The molecule has 0 saturated heterocycles. The predicted molar refractivity (Wildman–Crippen MR) is 249 cm³/mol. The standard InChI is InChI=1S/C49H98NO9P/c1-3-5-7-9-11-13-15-17-19-21-23-24-25-27-29-31-33-35-37-39-41-48(51)59-46(44-57-60(54,55)58-45-47(50)49(52)53)43-56-42-40-38-36-34-32-30-28-26-22-20-18-16-14-12-10-8-6-4-2/h46-47H,3-45,50H2,1-2H3,(H,52,53)(H,54,55). The van der Waals surface area contributed by atoms with Crippen LogP contribution in [0.3, 0.4) is 0 Å². The molecule has 0 aromatic rings. The van der Waals surface area contributed by atoms with E-state index in [0.29, 0.717) is 6.61 Å². The van der Waals surface area contributed by atoms with Crippen molar-refractivity contribution in [1.82, 2.24) is 0 Å². The average molecular weight is 876 g/mol. The molecule has 11 heteroatoms. The second-order valence-corrected chi connectivity index (χ2v) is 19.1. The molecule has 4 N–H and O–H groups in total. The van der Waals surface area contributed by atoms with Crippen LogP contribution in [-0.2, 0) is 32.7 Å². The number of unbranched alkanes of at least 4 members (excludes halogenated alkanes) is 36. The third-order valence-electron chi connectivity index (χ3n) is 11.6. The van der Waals surface area contributed by atoms with Gasteiger partial charge in [0.05, 0.1) is 19.8 Å². The number of carbonyl (C=O) groups is 2. The molecular formula is C49H98NO9P. The lowest BCUT2D eigenvalue weighted by molar-refractivity contribution is -0.154. The van der Waals surface area contributed by atoms with Gasteiger partial charge in [0, 0.05) is 13.0 Å². The summed E-state index contributed by atoms with van der Waals surface area (Å²) >= 11 is 0. The number of hydrogen-bond acceptors (Lipinski definition) is 8. The molecule has 358 valence electrons. The molecule has 0 radical (unpaired) electrons. The fourth-order valence-electron chi connectivity index (χ4n) is 7.67. The van der Waals surface area contributed by atoms with Crippen molar-refractivity contribution >= 4 is 19.8 Å². The van der Waals surface area contributed by atoms with Gasteiger partial charge < -0.3 is 25.2 Å². The van der Waals surface area contributed by atoms with Crippen LogP contribution in [-0.4, -0.2) is 60.5 Å². The number of ether oxygens (including phenoxy) is 2. The second-order valence-electron chi connectivity index (χ2n) is 17.7. The highest BCUT2D eigenvalue weighted by atomic mass is 31.2. The van der Waals surface area contributed by atoms with Gasteiger partial charge in [-0.15, -0.1) is 0 Å². The first-order valence-electron chi connectivity index (χ1n) is 25.6. The van der Waals surface area contributed by atoms with Crippen molar-refractivity contribution in [1.29, 1.82) is 0 Å². The van der Waals surface area contributed by atoms with Gasteiger partial charge in [-0.05, 0) is 12.8 Å². The Morgan fingerprint density at radius 3 is 1.10 bits per heavy atom. The summed E-state index contributed by atoms with van der Waals surface area (Å²) in [5, 5.41) is 8.92. The molecular weight excluding hydrogens is 778 g/mol. The molecule has 0 aliphatic carbocycles. The van der Waals surface area contributed by atoms with E-state index in [9.17, 15) is 19.0 Å². The number of nitrogens with two attached hydrogens (primary N) is 1. The SMILES string of the molecule is CCCCCCCCCCCCCCCCCCCCCCC(=O)OC(COCCCCCCCCCCCCCCCCCCCC)COP(=O)(O)OCC(N)C(=O)O. The van der Waals surface area contributed by atoms with Gasteiger partial charge in [-0.3, -0.25) is 18.6 Å². The number of carboxylic acid groups (broad SMARTS) is 1. The van der Waals surface area contributed by atoms with E-state index in [0.717, 1.165) is 38.5 Å². The van der Waals surface area contributed by atoms with E-state index < -0.39 is 45.1 Å². The number of esters is 1. The fourth-order valence-corrected chi connectivity index (χ4v) is 8.44. The first-order chi connectivity index (χ1) is 29.2. The molecule has 3 atom stereocenters. The summed E-state index contributed by atoms with van der Waals surface area (Å²) in [4.78, 5) is 33.7. The van der Waals surface area contributed by atoms with Crippen LogP contribution in [0.2, 0.25) is 0 Å². The Hall–Kier alpha value is -1.03. The molecule has 0 bridgehead atoms. The van der Waals surface area contributed by atoms with E-state index in [1.807, 2.05) is 0 Å². The molecule has 3 unspecified atom stereocenters. The normalized spacial score (nSPS) is 13.7. The van der Waals surface area contributed by atoms with Gasteiger partial charge in [0.25, 0.3) is 0 Å². The maximum absolute atomic E-state index is 12.7. The van der Waals surface area contributed by atoms with E-state index in [4.69, 9.17) is 29.4 Å². The van der Waals surface area contributed by atoms with E-state index in [1.54, 1.807) is 0 Å². The van der Waals surface area contributed by atoms with Gasteiger partial charge >= 0.3 is 19.8 Å². The van der Waals surface area contributed by atoms with Crippen LogP contribution in [0.4, 0.5) is 0 Å². The summed E-state index contributed by atoms with van der Waals surface area (Å²) in [5.74, 6) is -1.76. The number of hydrogen-bond donors (Lipinski definition) is 3. The van der Waals surface area contributed by atoms with Gasteiger partial charge in [0.2, 0.25) is 0 Å². The maximum atomic E-state index is 12.7. The molecule has 0 saturated carbocycles. The number of aliphatic carboxylic acids is 1. The van der Waals surface area contributed by atoms with Crippen LogP contribution < -0.4 is 5.73 Å². The monoisotopic (exact) mass is 876 g/mol. The second kappa shape index (κ2) is 46.0. The summed E-state index contributed by atoms with van der Waals surface area (Å²) in [6.45, 7) is 3.96. The summed E-state index contributed by atoms with van der Waals surface area (Å²) in [6, 6.07) is -1.47. The van der Waals surface area contributed by atoms with Crippen molar-refractivity contribution in [3.05, 3.63) is 0 Å². The summed E-state index contributed by atoms with van der Waals surface area (Å²) in [6.07, 6.45) is 48.7. The highest BCUT2D eigenvalue weighted by Crippen LogP contribution is 2.43. The third-order valence-corrected chi connectivity index (χ3v) is 12.6. The zero-order valence-electron chi connectivity index (χ0n) is 39.3. The number of carbonyl (C=O) groups excluding carboxylic acids is 1. The maximum Gasteiger partial charge on any atom is 0.472 e. The summed E-state index contributed by atoms with van der Waals surface area (Å²) in [5.41, 5.74) is 5.37. The Morgan fingerprint density at radius 2 is 0.767 bits per heavy atom. The average Bonchev–Trinajstić information content (AvgIpc) is 3.23. The fraction of sp³-hybridized carbons (Fsp3) is 0.959. The highest BCUT2D eigenvalue weighted by Gasteiger charge is 2.27. The molecule has 0 amide bonds. The van der Waals surface area contributed by atoms with Crippen LogP contribution >= 0.6 is 7.82 Å². The molecule has 0 fully saturated rings. The molecule has 0 spiro atoms. The third kappa shape index (κ3) is 45.0. The summed E-state index contributed by atoms with van der Waals surface area (Å²) < 4.78 is 33.5. The van der Waals surface area contributed by atoms with Gasteiger partial charge in [0.1, 0.15) is 12.1 Å². The molecule has 0 heterocycles. The van der Waals surface area contributed by atoms with Crippen molar-refractivity contribution in [2.75, 3.05) is 26.4 Å². The van der Waals surface area contributed by atoms with Gasteiger partial charge in [-0.1, -0.05) is 245 Å². The van der Waals surface area contributed by atoms with Crippen molar-refractivity contribution in [2.24, 2.45) is 5.73 Å². The Kier molecular flexibility index (Phi) is 45.2. The van der Waals surface area contributed by atoms with Crippen molar-refractivity contribution in [2.45, 2.75) is 276 Å². The lowest BCUT2D eigenvalue weighted by Crippen LogP contribution is -2.34. The van der Waals surface area contributed by atoms with Crippen molar-refractivity contribution in [3.63, 3.8) is 0 Å². The van der Waals surface area contributed by atoms with E-state index >= 15 is 0 Å². The van der Waals surface area contributed by atoms with Crippen LogP contribution in [0, 0.1) is 0 Å². The molecule has 60 heavy (non-hydrogen) atoms. The van der Waals surface area contributed by atoms with Gasteiger partial charge in [-0.25, -0.2) is 4.57 Å². The van der Waals surface area contributed by atoms with Crippen molar-refractivity contribution < 1.29 is 42.7 Å². The van der Waals surface area contributed by atoms with E-state index in [-0.39, 0.29) is 13.0 Å². The summed E-state index contributed by atoms with van der Waals surface area (Å²) in [7, 11) is -4.61. The Labute approximate surface area is 370 Å². The van der Waals surface area contributed by atoms with Gasteiger partial charge in [0.15, 0.2) is 0 Å². The lowest BCUT2D eigenvalue weighted by Gasteiger charge is -2.20. The van der Waals surface area contributed by atoms with Crippen LogP contribution in [0.25, 0.3) is 0 Å². The minimum Gasteiger partial charge on any atom is -0.480 e. The number of carboxylic acids is 1. The smallest absolute Gasteiger partial charge is 0.472 e. The minimum atomic E-state index is -4.61. The number of phosphoric acid groups is 1. The Bertz CT molecular complexity index is 971. The largest absolute Gasteiger partial charge is 0.480 e. The molecule has 0 aromatic heterocycles. The van der Waals surface area contributed by atoms with Gasteiger partial charge in [-0.2, -0.15) is 0 Å². The van der Waals surface area contributed by atoms with Crippen LogP contribution in [0.1, 0.15) is 264 Å². The van der Waals surface area contributed by atoms with Crippen LogP contribution in [0.15, 0.2) is 0 Å². The molecule has 0 aromatic carbocycles. The molecule has 0 aliphatic rings. The zero-order valence-corrected chi connectivity index (χ0v) is 40.2. The molecule has 10 nitrogen and oxygen atoms in total. The number of phosphoric ester groups is 1. The zero-order chi connectivity index (χ0) is 44.0. The lowest BCUT2D eigenvalue weighted by atomic mass is 10.0. The predicted octanol–water partition coefficient (Wildman–Crippen LogP) is 14.7. The topological polar surface area (TPSA) is 155 Å². The van der Waals surface area contributed by atoms with E-state index in [2.05, 4.69) is 13.8 Å². The highest BCUT2D eigenvalue weighted by molar-refractivity contribution is 7.47. The van der Waals surface area contributed by atoms with E-state index in [1.165, 1.54) is 205 Å². The Morgan fingerprint density at radius 1 is 0.467 bits per heavy atom. The quantitative estimate of drug-likeness (QED) is 0.0306. The van der Waals surface area contributed by atoms with Crippen LogP contribution in [0.5, 0.6) is 0 Å². The molecule has 0 rings (SSSR count). The first kappa shape index (κ1) is 59.0. The van der Waals surface area contributed by atoms with Crippen molar-refractivity contribution in [3.8, 4) is 0 Å². The number of rotatable bonds is 50. The first-order valence-corrected chi connectivity index (χ1v) is 27.1. The molecule has 0 aliphatic heterocycles. The Balaban J connectivity index is 4.08.